The Hall–Kier alpha value is -3.02. The molecular formula is C15H12N3O3-. The Morgan fingerprint density at radius 3 is 2.38 bits per heavy atom. The van der Waals surface area contributed by atoms with Crippen LogP contribution >= 0.6 is 0 Å². The number of hydrazone groups is 1. The van der Waals surface area contributed by atoms with Crippen LogP contribution in [0.1, 0.15) is 32.0 Å². The summed E-state index contributed by atoms with van der Waals surface area (Å²) in [5.41, 5.74) is 4.34. The molecule has 1 heterocycles. The number of amides is 1. The van der Waals surface area contributed by atoms with Crippen molar-refractivity contribution in [2.75, 3.05) is 0 Å². The quantitative estimate of drug-likeness (QED) is 0.653. The molecule has 0 bridgehead atoms. The molecule has 2 rings (SSSR count). The van der Waals surface area contributed by atoms with Crippen LogP contribution < -0.4 is 10.5 Å². The fraction of sp³-hybridized carbons (Fsp3) is 0.0667. The second-order valence-electron chi connectivity index (χ2n) is 4.30. The monoisotopic (exact) mass is 282 g/mol. The van der Waals surface area contributed by atoms with Crippen LogP contribution in [0, 0.1) is 6.92 Å². The van der Waals surface area contributed by atoms with Crippen molar-refractivity contribution >= 4 is 18.1 Å². The van der Waals surface area contributed by atoms with Crippen molar-refractivity contribution in [3.63, 3.8) is 0 Å². The zero-order chi connectivity index (χ0) is 15.2. The van der Waals surface area contributed by atoms with Gasteiger partial charge in [0.05, 0.1) is 17.7 Å². The van der Waals surface area contributed by atoms with Crippen molar-refractivity contribution in [3.8, 4) is 0 Å². The Bertz CT molecular complexity index is 676. The van der Waals surface area contributed by atoms with Gasteiger partial charge in [-0.25, -0.2) is 5.43 Å². The van der Waals surface area contributed by atoms with Gasteiger partial charge in [-0.15, -0.1) is 0 Å². The average molecular weight is 282 g/mol. The molecule has 0 saturated carbocycles. The summed E-state index contributed by atoms with van der Waals surface area (Å²) in [5, 5.41) is 14.4. The minimum atomic E-state index is -1.24. The van der Waals surface area contributed by atoms with E-state index in [1.807, 2.05) is 6.92 Å². The van der Waals surface area contributed by atoms with E-state index in [0.717, 1.165) is 5.69 Å². The second kappa shape index (κ2) is 6.42. The Morgan fingerprint density at radius 1 is 1.14 bits per heavy atom. The number of pyridine rings is 1. The summed E-state index contributed by atoms with van der Waals surface area (Å²) < 4.78 is 0. The minimum absolute atomic E-state index is 0.0851. The Kier molecular flexibility index (Phi) is 4.40. The number of aromatic carboxylic acids is 1. The highest BCUT2D eigenvalue weighted by Crippen LogP contribution is 2.02. The third kappa shape index (κ3) is 3.97. The lowest BCUT2D eigenvalue weighted by Gasteiger charge is -2.02. The van der Waals surface area contributed by atoms with E-state index < -0.39 is 5.97 Å². The van der Waals surface area contributed by atoms with Crippen LogP contribution in [0.4, 0.5) is 0 Å². The number of aryl methyl sites for hydroxylation is 1. The number of nitrogens with zero attached hydrogens (tertiary/aromatic N) is 2. The van der Waals surface area contributed by atoms with Crippen LogP contribution in [0.5, 0.6) is 0 Å². The van der Waals surface area contributed by atoms with Gasteiger partial charge in [0, 0.05) is 11.9 Å². The van der Waals surface area contributed by atoms with Crippen molar-refractivity contribution < 1.29 is 14.7 Å². The van der Waals surface area contributed by atoms with Gasteiger partial charge in [0.25, 0.3) is 5.91 Å². The highest BCUT2D eigenvalue weighted by molar-refractivity contribution is 5.94. The molecule has 106 valence electrons. The first kappa shape index (κ1) is 14.4. The van der Waals surface area contributed by atoms with E-state index in [1.165, 1.54) is 24.5 Å². The van der Waals surface area contributed by atoms with Gasteiger partial charge in [0.15, 0.2) is 0 Å². The lowest BCUT2D eigenvalue weighted by atomic mass is 10.1. The molecule has 1 amide bonds. The molecule has 0 radical (unpaired) electrons. The van der Waals surface area contributed by atoms with Crippen LogP contribution in [0.3, 0.4) is 0 Å². The maximum absolute atomic E-state index is 11.7. The second-order valence-corrected chi connectivity index (χ2v) is 4.30. The molecule has 1 aromatic carbocycles. The van der Waals surface area contributed by atoms with Gasteiger partial charge in [-0.1, -0.05) is 24.3 Å². The van der Waals surface area contributed by atoms with Gasteiger partial charge in [-0.05, 0) is 30.2 Å². The third-order valence-corrected chi connectivity index (χ3v) is 2.70. The average Bonchev–Trinajstić information content (AvgIpc) is 2.48. The maximum atomic E-state index is 11.7. The minimum Gasteiger partial charge on any atom is -0.545 e. The number of carbonyl (C=O) groups is 2. The van der Waals surface area contributed by atoms with Crippen molar-refractivity contribution in [3.05, 3.63) is 65.0 Å². The highest BCUT2D eigenvalue weighted by atomic mass is 16.4. The predicted octanol–water partition coefficient (Wildman–Crippen LogP) is 0.517. The number of nitrogens with one attached hydrogen (secondary N) is 1. The third-order valence-electron chi connectivity index (χ3n) is 2.70. The molecule has 6 heteroatoms. The van der Waals surface area contributed by atoms with E-state index in [2.05, 4.69) is 15.5 Å². The number of carboxylic acid groups (broad SMARTS) is 1. The summed E-state index contributed by atoms with van der Waals surface area (Å²) >= 11 is 0. The van der Waals surface area contributed by atoms with E-state index in [-0.39, 0.29) is 11.5 Å². The predicted molar refractivity (Wildman–Crippen MR) is 74.8 cm³/mol. The highest BCUT2D eigenvalue weighted by Gasteiger charge is 2.03. The first-order valence-electron chi connectivity index (χ1n) is 6.14. The maximum Gasteiger partial charge on any atom is 0.272 e. The van der Waals surface area contributed by atoms with Crippen LogP contribution in [0.15, 0.2) is 47.7 Å². The topological polar surface area (TPSA) is 94.5 Å². The number of rotatable bonds is 4. The zero-order valence-electron chi connectivity index (χ0n) is 11.2. The number of aromatic nitrogens is 1. The van der Waals surface area contributed by atoms with Crippen molar-refractivity contribution in [1.82, 2.24) is 10.4 Å². The normalized spacial score (nSPS) is 10.5. The summed E-state index contributed by atoms with van der Waals surface area (Å²) in [5.74, 6) is -1.61. The summed E-state index contributed by atoms with van der Waals surface area (Å²) in [7, 11) is 0. The van der Waals surface area contributed by atoms with Crippen LogP contribution in [0.2, 0.25) is 0 Å². The van der Waals surface area contributed by atoms with Crippen LogP contribution in [-0.4, -0.2) is 23.1 Å². The molecule has 0 saturated heterocycles. The van der Waals surface area contributed by atoms with Crippen molar-refractivity contribution in [1.29, 1.82) is 0 Å². The van der Waals surface area contributed by atoms with Gasteiger partial charge in [0.2, 0.25) is 0 Å². The SMILES string of the molecule is Cc1ccc(C(=O)N/N=C/c2ccc(C(=O)[O-])cc2)cn1. The van der Waals surface area contributed by atoms with Gasteiger partial charge in [-0.2, -0.15) is 5.10 Å². The van der Waals surface area contributed by atoms with Crippen molar-refractivity contribution in [2.45, 2.75) is 6.92 Å². The Labute approximate surface area is 121 Å². The number of benzene rings is 1. The molecule has 6 nitrogen and oxygen atoms in total. The Morgan fingerprint density at radius 2 is 1.81 bits per heavy atom. The number of hydrogen-bond acceptors (Lipinski definition) is 5. The molecule has 0 spiro atoms. The lowest BCUT2D eigenvalue weighted by molar-refractivity contribution is -0.255. The van der Waals surface area contributed by atoms with E-state index in [1.54, 1.807) is 24.3 Å². The molecular weight excluding hydrogens is 270 g/mol. The smallest absolute Gasteiger partial charge is 0.272 e. The molecule has 0 aliphatic carbocycles. The first-order chi connectivity index (χ1) is 10.1. The summed E-state index contributed by atoms with van der Waals surface area (Å²) in [6.45, 7) is 1.83. The molecule has 0 aliphatic heterocycles. The largest absolute Gasteiger partial charge is 0.545 e. The van der Waals surface area contributed by atoms with E-state index >= 15 is 0 Å². The fourth-order valence-corrected chi connectivity index (χ4v) is 1.54. The lowest BCUT2D eigenvalue weighted by Crippen LogP contribution is -2.22. The molecule has 21 heavy (non-hydrogen) atoms. The summed E-state index contributed by atoms with van der Waals surface area (Å²) in [6.07, 6.45) is 2.88. The van der Waals surface area contributed by atoms with Gasteiger partial charge < -0.3 is 9.90 Å². The molecule has 1 aromatic heterocycles. The molecule has 0 fully saturated rings. The molecule has 0 unspecified atom stereocenters. The van der Waals surface area contributed by atoms with Crippen LogP contribution in [0.25, 0.3) is 0 Å². The molecule has 1 N–H and O–H groups in total. The Balaban J connectivity index is 1.97. The summed E-state index contributed by atoms with van der Waals surface area (Å²) in [6, 6.07) is 9.33. The standard InChI is InChI=1S/C15H13N3O3/c1-10-2-5-13(9-16-10)14(19)18-17-8-11-3-6-12(7-4-11)15(20)21/h2-9H,1H3,(H,18,19)(H,20,21)/p-1/b17-8+. The van der Waals surface area contributed by atoms with E-state index in [4.69, 9.17) is 0 Å². The van der Waals surface area contributed by atoms with Crippen molar-refractivity contribution in [2.24, 2.45) is 5.10 Å². The summed E-state index contributed by atoms with van der Waals surface area (Å²) in [4.78, 5) is 26.3. The number of hydrogen-bond donors (Lipinski definition) is 1. The molecule has 2 aromatic rings. The van der Waals surface area contributed by atoms with E-state index in [9.17, 15) is 14.7 Å². The van der Waals surface area contributed by atoms with Gasteiger partial charge >= 0.3 is 0 Å². The first-order valence-corrected chi connectivity index (χ1v) is 6.14. The molecule has 0 aliphatic rings. The number of carbonyl (C=O) groups excluding carboxylic acids is 2. The van der Waals surface area contributed by atoms with Crippen LogP contribution in [-0.2, 0) is 0 Å². The zero-order valence-corrected chi connectivity index (χ0v) is 11.2. The molecule has 0 atom stereocenters. The van der Waals surface area contributed by atoms with Gasteiger partial charge in [0.1, 0.15) is 0 Å². The number of carboxylic acids is 1. The van der Waals surface area contributed by atoms with E-state index in [0.29, 0.717) is 11.1 Å². The fourth-order valence-electron chi connectivity index (χ4n) is 1.54. The van der Waals surface area contributed by atoms with Gasteiger partial charge in [-0.3, -0.25) is 9.78 Å².